The molecule has 1 N–H and O–H groups in total. The summed E-state index contributed by atoms with van der Waals surface area (Å²) in [5, 5.41) is 9.33. The first kappa shape index (κ1) is 17.3. The number of likely N-dealkylation sites (N-methyl/N-ethyl adjacent to an activating group) is 1. The third kappa shape index (κ3) is 4.45. The normalized spacial score (nSPS) is 17.7. The lowest BCUT2D eigenvalue weighted by Crippen LogP contribution is -2.46. The number of nitrogens with zero attached hydrogens (tertiary/aromatic N) is 2. The van der Waals surface area contributed by atoms with Crippen molar-refractivity contribution in [2.24, 2.45) is 5.92 Å². The van der Waals surface area contributed by atoms with Gasteiger partial charge in [0.25, 0.3) is 5.91 Å². The van der Waals surface area contributed by atoms with E-state index in [1.54, 1.807) is 29.2 Å². The second-order valence-corrected chi connectivity index (χ2v) is 6.12. The summed E-state index contributed by atoms with van der Waals surface area (Å²) >= 11 is 5.82. The number of carboxylic acids is 1. The van der Waals surface area contributed by atoms with Gasteiger partial charge in [0.1, 0.15) is 6.54 Å². The van der Waals surface area contributed by atoms with Gasteiger partial charge in [-0.15, -0.1) is 0 Å². The SMILES string of the molecule is CN(CC(=O)O)C(=O)C1CCCN(C(=O)c2ccc(Cl)cc2)C1. The van der Waals surface area contributed by atoms with Crippen LogP contribution in [0.4, 0.5) is 0 Å². The average molecular weight is 339 g/mol. The number of amides is 2. The monoisotopic (exact) mass is 338 g/mol. The van der Waals surface area contributed by atoms with Crippen molar-refractivity contribution in [2.45, 2.75) is 12.8 Å². The summed E-state index contributed by atoms with van der Waals surface area (Å²) in [6.45, 7) is 0.568. The lowest BCUT2D eigenvalue weighted by molar-refractivity contribution is -0.145. The van der Waals surface area contributed by atoms with E-state index in [0.29, 0.717) is 30.1 Å². The molecule has 2 rings (SSSR count). The Bertz CT molecular complexity index is 603. The second-order valence-electron chi connectivity index (χ2n) is 5.69. The molecule has 0 spiro atoms. The van der Waals surface area contributed by atoms with Crippen LogP contribution in [-0.4, -0.2) is 59.4 Å². The molecule has 1 aromatic rings. The van der Waals surface area contributed by atoms with Gasteiger partial charge in [0.15, 0.2) is 0 Å². The molecule has 0 saturated carbocycles. The molecule has 0 aromatic heterocycles. The Balaban J connectivity index is 2.02. The Morgan fingerprint density at radius 3 is 2.57 bits per heavy atom. The van der Waals surface area contributed by atoms with E-state index in [2.05, 4.69) is 0 Å². The van der Waals surface area contributed by atoms with Crippen LogP contribution in [0, 0.1) is 5.92 Å². The Labute approximate surface area is 139 Å². The van der Waals surface area contributed by atoms with Crippen LogP contribution in [0.5, 0.6) is 0 Å². The van der Waals surface area contributed by atoms with Crippen molar-refractivity contribution in [3.63, 3.8) is 0 Å². The van der Waals surface area contributed by atoms with Gasteiger partial charge >= 0.3 is 5.97 Å². The van der Waals surface area contributed by atoms with Gasteiger partial charge in [-0.2, -0.15) is 0 Å². The minimum Gasteiger partial charge on any atom is -0.480 e. The molecule has 0 aliphatic carbocycles. The molecule has 1 saturated heterocycles. The summed E-state index contributed by atoms with van der Waals surface area (Å²) in [4.78, 5) is 38.3. The zero-order valence-electron chi connectivity index (χ0n) is 12.9. The number of aliphatic carboxylic acids is 1. The van der Waals surface area contributed by atoms with E-state index < -0.39 is 5.97 Å². The predicted molar refractivity (Wildman–Crippen MR) is 85.4 cm³/mol. The fourth-order valence-electron chi connectivity index (χ4n) is 2.73. The number of hydrogen-bond donors (Lipinski definition) is 1. The number of halogens is 1. The van der Waals surface area contributed by atoms with Gasteiger partial charge in [-0.3, -0.25) is 14.4 Å². The van der Waals surface area contributed by atoms with Gasteiger partial charge in [-0.05, 0) is 37.1 Å². The maximum absolute atomic E-state index is 12.5. The highest BCUT2D eigenvalue weighted by Gasteiger charge is 2.31. The van der Waals surface area contributed by atoms with Gasteiger partial charge < -0.3 is 14.9 Å². The molecule has 1 fully saturated rings. The van der Waals surface area contributed by atoms with Gasteiger partial charge in [-0.25, -0.2) is 0 Å². The molecule has 0 bridgehead atoms. The van der Waals surface area contributed by atoms with Crippen LogP contribution in [0.15, 0.2) is 24.3 Å². The van der Waals surface area contributed by atoms with Crippen molar-refractivity contribution in [3.05, 3.63) is 34.9 Å². The average Bonchev–Trinajstić information content (AvgIpc) is 2.53. The molecule has 6 nitrogen and oxygen atoms in total. The third-order valence-electron chi connectivity index (χ3n) is 3.90. The summed E-state index contributed by atoms with van der Waals surface area (Å²) in [6, 6.07) is 6.63. The zero-order chi connectivity index (χ0) is 17.0. The zero-order valence-corrected chi connectivity index (χ0v) is 13.6. The Kier molecular flexibility index (Phi) is 5.60. The molecule has 2 amide bonds. The summed E-state index contributed by atoms with van der Waals surface area (Å²) in [6.07, 6.45) is 1.38. The van der Waals surface area contributed by atoms with E-state index in [4.69, 9.17) is 16.7 Å². The lowest BCUT2D eigenvalue weighted by atomic mass is 9.96. The Morgan fingerprint density at radius 2 is 1.96 bits per heavy atom. The minimum atomic E-state index is -1.05. The molecule has 1 aromatic carbocycles. The standard InChI is InChI=1S/C16H19ClN2O4/c1-18(10-14(20)21)15(22)12-3-2-8-19(9-12)16(23)11-4-6-13(17)7-5-11/h4-7,12H,2-3,8-10H2,1H3,(H,20,21). The van der Waals surface area contributed by atoms with Crippen molar-refractivity contribution in [1.82, 2.24) is 9.80 Å². The number of carboxylic acid groups (broad SMARTS) is 1. The maximum Gasteiger partial charge on any atom is 0.323 e. The summed E-state index contributed by atoms with van der Waals surface area (Å²) in [7, 11) is 1.47. The van der Waals surface area contributed by atoms with Gasteiger partial charge in [0, 0.05) is 30.7 Å². The number of benzene rings is 1. The fraction of sp³-hybridized carbons (Fsp3) is 0.438. The maximum atomic E-state index is 12.5. The molecule has 1 unspecified atom stereocenters. The second kappa shape index (κ2) is 7.46. The lowest BCUT2D eigenvalue weighted by Gasteiger charge is -2.33. The molecule has 7 heteroatoms. The first-order valence-electron chi connectivity index (χ1n) is 7.40. The smallest absolute Gasteiger partial charge is 0.323 e. The van der Waals surface area contributed by atoms with Gasteiger partial charge in [-0.1, -0.05) is 11.6 Å². The van der Waals surface area contributed by atoms with Crippen molar-refractivity contribution in [3.8, 4) is 0 Å². The molecule has 23 heavy (non-hydrogen) atoms. The number of carbonyl (C=O) groups excluding carboxylic acids is 2. The van der Waals surface area contributed by atoms with Crippen molar-refractivity contribution in [1.29, 1.82) is 0 Å². The van der Waals surface area contributed by atoms with E-state index in [1.165, 1.54) is 11.9 Å². The highest BCUT2D eigenvalue weighted by molar-refractivity contribution is 6.30. The van der Waals surface area contributed by atoms with Gasteiger partial charge in [0.2, 0.25) is 5.91 Å². The van der Waals surface area contributed by atoms with Crippen LogP contribution in [0.3, 0.4) is 0 Å². The number of piperidine rings is 1. The molecule has 0 radical (unpaired) electrons. The van der Waals surface area contributed by atoms with Crippen LogP contribution in [-0.2, 0) is 9.59 Å². The third-order valence-corrected chi connectivity index (χ3v) is 4.15. The van der Waals surface area contributed by atoms with E-state index >= 15 is 0 Å². The molecule has 1 heterocycles. The van der Waals surface area contributed by atoms with Gasteiger partial charge in [0.05, 0.1) is 5.92 Å². The molecule has 1 atom stereocenters. The highest BCUT2D eigenvalue weighted by atomic mass is 35.5. The number of likely N-dealkylation sites (tertiary alicyclic amines) is 1. The number of hydrogen-bond acceptors (Lipinski definition) is 3. The topological polar surface area (TPSA) is 77.9 Å². The minimum absolute atomic E-state index is 0.139. The number of rotatable bonds is 4. The largest absolute Gasteiger partial charge is 0.480 e. The van der Waals surface area contributed by atoms with Crippen LogP contribution in [0.2, 0.25) is 5.02 Å². The molecule has 124 valence electrons. The van der Waals surface area contributed by atoms with Crippen molar-refractivity contribution < 1.29 is 19.5 Å². The highest BCUT2D eigenvalue weighted by Crippen LogP contribution is 2.21. The van der Waals surface area contributed by atoms with Crippen LogP contribution in [0.1, 0.15) is 23.2 Å². The molecule has 1 aliphatic rings. The van der Waals surface area contributed by atoms with Crippen LogP contribution >= 0.6 is 11.6 Å². The fourth-order valence-corrected chi connectivity index (χ4v) is 2.86. The molecular weight excluding hydrogens is 320 g/mol. The first-order chi connectivity index (χ1) is 10.9. The van der Waals surface area contributed by atoms with E-state index in [9.17, 15) is 14.4 Å². The summed E-state index contributed by atoms with van der Waals surface area (Å²) < 4.78 is 0. The van der Waals surface area contributed by atoms with Crippen LogP contribution < -0.4 is 0 Å². The van der Waals surface area contributed by atoms with Crippen LogP contribution in [0.25, 0.3) is 0 Å². The molecule has 1 aliphatic heterocycles. The summed E-state index contributed by atoms with van der Waals surface area (Å²) in [5.41, 5.74) is 0.529. The Morgan fingerprint density at radius 1 is 1.30 bits per heavy atom. The Hall–Kier alpha value is -2.08. The predicted octanol–water partition coefficient (Wildman–Crippen LogP) is 1.74. The molecular formula is C16H19ClN2O4. The van der Waals surface area contributed by atoms with Crippen molar-refractivity contribution in [2.75, 3.05) is 26.7 Å². The number of carbonyl (C=O) groups is 3. The first-order valence-corrected chi connectivity index (χ1v) is 7.78. The van der Waals surface area contributed by atoms with E-state index in [0.717, 1.165) is 6.42 Å². The summed E-state index contributed by atoms with van der Waals surface area (Å²) in [5.74, 6) is -1.78. The van der Waals surface area contributed by atoms with E-state index in [-0.39, 0.29) is 24.3 Å². The van der Waals surface area contributed by atoms with Crippen molar-refractivity contribution >= 4 is 29.4 Å². The quantitative estimate of drug-likeness (QED) is 0.907. The van der Waals surface area contributed by atoms with E-state index in [1.807, 2.05) is 0 Å².